The molecule has 0 atom stereocenters. The highest BCUT2D eigenvalue weighted by Gasteiger charge is 2.12. The third-order valence-electron chi connectivity index (χ3n) is 4.53. The molecule has 0 unspecified atom stereocenters. The zero-order valence-electron chi connectivity index (χ0n) is 17.5. The van der Waals surface area contributed by atoms with E-state index in [-0.39, 0.29) is 18.3 Å². The minimum absolute atomic E-state index is 0.218. The average Bonchev–Trinajstić information content (AvgIpc) is 3.43. The number of amides is 1. The predicted octanol–water partition coefficient (Wildman–Crippen LogP) is 5.52. The van der Waals surface area contributed by atoms with Crippen LogP contribution in [-0.4, -0.2) is 22.3 Å². The van der Waals surface area contributed by atoms with E-state index in [1.165, 1.54) is 0 Å². The Morgan fingerprint density at radius 2 is 1.88 bits per heavy atom. The Morgan fingerprint density at radius 3 is 2.59 bits per heavy atom. The second kappa shape index (κ2) is 10.2. The van der Waals surface area contributed by atoms with Crippen LogP contribution in [0.25, 0.3) is 0 Å². The Balaban J connectivity index is 1.33. The number of furan rings is 1. The standard InChI is InChI=1S/C24H22BrN3O4/c1-2-30-20-6-8-21(9-7-20)31-16-22-10-11-23(32-22)24(29)27-19-5-3-4-17(12-19)14-28-15-18(25)13-26-28/h3-13,15H,2,14,16H2,1H3,(H,27,29). The van der Waals surface area contributed by atoms with E-state index in [2.05, 4.69) is 26.3 Å². The van der Waals surface area contributed by atoms with Crippen LogP contribution in [0.1, 0.15) is 28.8 Å². The summed E-state index contributed by atoms with van der Waals surface area (Å²) in [5.41, 5.74) is 1.70. The molecule has 2 heterocycles. The fraction of sp³-hybridized carbons (Fsp3) is 0.167. The summed E-state index contributed by atoms with van der Waals surface area (Å²) >= 11 is 3.39. The Kier molecular flexibility index (Phi) is 6.91. The molecular formula is C24H22BrN3O4. The van der Waals surface area contributed by atoms with Crippen molar-refractivity contribution in [1.82, 2.24) is 9.78 Å². The Bertz CT molecular complexity index is 1180. The molecule has 0 bridgehead atoms. The van der Waals surface area contributed by atoms with Crippen molar-refractivity contribution in [3.05, 3.63) is 94.6 Å². The molecule has 7 nitrogen and oxygen atoms in total. The number of hydrogen-bond acceptors (Lipinski definition) is 5. The number of carbonyl (C=O) groups excluding carboxylic acids is 1. The summed E-state index contributed by atoms with van der Waals surface area (Å²) in [5.74, 6) is 1.94. The Morgan fingerprint density at radius 1 is 1.09 bits per heavy atom. The molecule has 0 aliphatic rings. The summed E-state index contributed by atoms with van der Waals surface area (Å²) in [6, 6.07) is 18.3. The van der Waals surface area contributed by atoms with Crippen LogP contribution in [0.15, 0.2) is 81.9 Å². The van der Waals surface area contributed by atoms with Crippen molar-refractivity contribution in [3.8, 4) is 11.5 Å². The van der Waals surface area contributed by atoms with Gasteiger partial charge in [-0.15, -0.1) is 0 Å². The number of nitrogens with one attached hydrogen (secondary N) is 1. The average molecular weight is 496 g/mol. The summed E-state index contributed by atoms with van der Waals surface area (Å²) in [5, 5.41) is 7.12. The predicted molar refractivity (Wildman–Crippen MR) is 124 cm³/mol. The number of anilines is 1. The van der Waals surface area contributed by atoms with Gasteiger partial charge in [0.15, 0.2) is 5.76 Å². The second-order valence-corrected chi connectivity index (χ2v) is 7.89. The van der Waals surface area contributed by atoms with Crippen LogP contribution in [0.5, 0.6) is 11.5 Å². The van der Waals surface area contributed by atoms with Gasteiger partial charge in [0.05, 0.1) is 23.8 Å². The highest BCUT2D eigenvalue weighted by molar-refractivity contribution is 9.10. The highest BCUT2D eigenvalue weighted by Crippen LogP contribution is 2.20. The Labute approximate surface area is 194 Å². The molecule has 0 spiro atoms. The largest absolute Gasteiger partial charge is 0.494 e. The van der Waals surface area contributed by atoms with E-state index in [0.29, 0.717) is 30.3 Å². The molecule has 32 heavy (non-hydrogen) atoms. The van der Waals surface area contributed by atoms with Crippen LogP contribution in [0, 0.1) is 0 Å². The molecule has 8 heteroatoms. The third-order valence-corrected chi connectivity index (χ3v) is 4.94. The zero-order valence-corrected chi connectivity index (χ0v) is 19.0. The first kappa shape index (κ1) is 21.7. The SMILES string of the molecule is CCOc1ccc(OCc2ccc(C(=O)Nc3cccc(Cn4cc(Br)cn4)c3)o2)cc1. The quantitative estimate of drug-likeness (QED) is 0.330. The lowest BCUT2D eigenvalue weighted by Gasteiger charge is -2.07. The minimum atomic E-state index is -0.323. The van der Waals surface area contributed by atoms with Crippen LogP contribution in [-0.2, 0) is 13.2 Å². The first-order valence-corrected chi connectivity index (χ1v) is 10.9. The fourth-order valence-corrected chi connectivity index (χ4v) is 3.41. The first-order valence-electron chi connectivity index (χ1n) is 10.1. The second-order valence-electron chi connectivity index (χ2n) is 6.97. The van der Waals surface area contributed by atoms with Gasteiger partial charge in [-0.05, 0) is 76.9 Å². The van der Waals surface area contributed by atoms with E-state index in [9.17, 15) is 4.79 Å². The van der Waals surface area contributed by atoms with Crippen molar-refractivity contribution in [2.45, 2.75) is 20.1 Å². The number of rotatable bonds is 9. The molecule has 2 aromatic heterocycles. The number of hydrogen-bond donors (Lipinski definition) is 1. The van der Waals surface area contributed by atoms with Crippen molar-refractivity contribution in [2.24, 2.45) is 0 Å². The maximum Gasteiger partial charge on any atom is 0.291 e. The fourth-order valence-electron chi connectivity index (χ4n) is 3.08. The number of benzene rings is 2. The maximum absolute atomic E-state index is 12.6. The summed E-state index contributed by atoms with van der Waals surface area (Å²) in [4.78, 5) is 12.6. The molecule has 0 fully saturated rings. The summed E-state index contributed by atoms with van der Waals surface area (Å²) in [6.45, 7) is 3.37. The van der Waals surface area contributed by atoms with Crippen LogP contribution >= 0.6 is 15.9 Å². The van der Waals surface area contributed by atoms with Crippen molar-refractivity contribution in [1.29, 1.82) is 0 Å². The van der Waals surface area contributed by atoms with E-state index in [4.69, 9.17) is 13.9 Å². The minimum Gasteiger partial charge on any atom is -0.494 e. The van der Waals surface area contributed by atoms with Gasteiger partial charge in [-0.1, -0.05) is 12.1 Å². The van der Waals surface area contributed by atoms with E-state index < -0.39 is 0 Å². The third kappa shape index (κ3) is 5.79. The molecule has 1 amide bonds. The van der Waals surface area contributed by atoms with Crippen LogP contribution in [0.2, 0.25) is 0 Å². The summed E-state index contributed by atoms with van der Waals surface area (Å²) in [7, 11) is 0. The van der Waals surface area contributed by atoms with Gasteiger partial charge < -0.3 is 19.2 Å². The lowest BCUT2D eigenvalue weighted by Crippen LogP contribution is -2.11. The monoisotopic (exact) mass is 495 g/mol. The van der Waals surface area contributed by atoms with Gasteiger partial charge in [0.2, 0.25) is 0 Å². The van der Waals surface area contributed by atoms with Gasteiger partial charge in [-0.3, -0.25) is 9.48 Å². The molecular weight excluding hydrogens is 474 g/mol. The van der Waals surface area contributed by atoms with Crippen molar-refractivity contribution < 1.29 is 18.7 Å². The molecule has 0 saturated heterocycles. The smallest absolute Gasteiger partial charge is 0.291 e. The molecule has 1 N–H and O–H groups in total. The van der Waals surface area contributed by atoms with Crippen molar-refractivity contribution in [2.75, 3.05) is 11.9 Å². The van der Waals surface area contributed by atoms with Gasteiger partial charge in [-0.2, -0.15) is 5.10 Å². The van der Waals surface area contributed by atoms with E-state index in [1.54, 1.807) is 18.3 Å². The van der Waals surface area contributed by atoms with Gasteiger partial charge in [-0.25, -0.2) is 0 Å². The van der Waals surface area contributed by atoms with Crippen molar-refractivity contribution >= 4 is 27.5 Å². The lowest BCUT2D eigenvalue weighted by atomic mass is 10.2. The van der Waals surface area contributed by atoms with Crippen LogP contribution in [0.3, 0.4) is 0 Å². The highest BCUT2D eigenvalue weighted by atomic mass is 79.9. The van der Waals surface area contributed by atoms with Gasteiger partial charge in [0.1, 0.15) is 23.9 Å². The number of carbonyl (C=O) groups is 1. The summed E-state index contributed by atoms with van der Waals surface area (Å²) in [6.07, 6.45) is 3.63. The molecule has 4 aromatic rings. The summed E-state index contributed by atoms with van der Waals surface area (Å²) < 4.78 is 19.5. The number of aromatic nitrogens is 2. The van der Waals surface area contributed by atoms with Crippen LogP contribution < -0.4 is 14.8 Å². The Hall–Kier alpha value is -3.52. The van der Waals surface area contributed by atoms with E-state index in [1.807, 2.05) is 66.3 Å². The lowest BCUT2D eigenvalue weighted by molar-refractivity contribution is 0.0992. The van der Waals surface area contributed by atoms with Crippen molar-refractivity contribution in [3.63, 3.8) is 0 Å². The molecule has 0 aliphatic heterocycles. The first-order chi connectivity index (χ1) is 15.6. The maximum atomic E-state index is 12.6. The van der Waals surface area contributed by atoms with E-state index in [0.717, 1.165) is 15.8 Å². The molecule has 4 rings (SSSR count). The molecule has 2 aromatic carbocycles. The number of ether oxygens (including phenoxy) is 2. The van der Waals surface area contributed by atoms with E-state index >= 15 is 0 Å². The number of halogens is 1. The molecule has 164 valence electrons. The van der Waals surface area contributed by atoms with Gasteiger partial charge in [0, 0.05) is 11.9 Å². The van der Waals surface area contributed by atoms with Crippen LogP contribution in [0.4, 0.5) is 5.69 Å². The molecule has 0 saturated carbocycles. The van der Waals surface area contributed by atoms with Gasteiger partial charge >= 0.3 is 0 Å². The zero-order chi connectivity index (χ0) is 22.3. The normalized spacial score (nSPS) is 10.7. The topological polar surface area (TPSA) is 78.5 Å². The molecule has 0 radical (unpaired) electrons. The van der Waals surface area contributed by atoms with Gasteiger partial charge in [0.25, 0.3) is 5.91 Å². The number of nitrogens with zero attached hydrogens (tertiary/aromatic N) is 2. The molecule has 0 aliphatic carbocycles.